The molecule has 7 nitrogen and oxygen atoms in total. The number of hydrogen-bond donors (Lipinski definition) is 0. The van der Waals surface area contributed by atoms with Crippen LogP contribution in [0.4, 0.5) is 4.79 Å². The van der Waals surface area contributed by atoms with Gasteiger partial charge >= 0.3 is 23.5 Å². The van der Waals surface area contributed by atoms with Crippen molar-refractivity contribution >= 4 is 40.4 Å². The molecular formula is C19H19ClN2O5. The quantitative estimate of drug-likeness (QED) is 0.445. The Morgan fingerprint density at radius 2 is 1.67 bits per heavy atom. The van der Waals surface area contributed by atoms with Crippen molar-refractivity contribution in [1.82, 2.24) is 9.80 Å². The number of rotatable bonds is 5. The summed E-state index contributed by atoms with van der Waals surface area (Å²) in [7, 11) is 0. The second-order valence-electron chi connectivity index (χ2n) is 6.87. The molecule has 0 radical (unpaired) electrons. The summed E-state index contributed by atoms with van der Waals surface area (Å²) in [6.07, 6.45) is 0.657. The van der Waals surface area contributed by atoms with Gasteiger partial charge in [0.25, 0.3) is 0 Å². The molecule has 27 heavy (non-hydrogen) atoms. The van der Waals surface area contributed by atoms with Crippen LogP contribution in [0.3, 0.4) is 0 Å². The van der Waals surface area contributed by atoms with Crippen molar-refractivity contribution in [3.63, 3.8) is 0 Å². The molecule has 0 aliphatic carbocycles. The normalized spacial score (nSPS) is 14.9. The highest BCUT2D eigenvalue weighted by molar-refractivity contribution is 6.44. The Kier molecular flexibility index (Phi) is 5.06. The Labute approximate surface area is 160 Å². The molecule has 1 saturated heterocycles. The van der Waals surface area contributed by atoms with Gasteiger partial charge in [0.05, 0.1) is 6.54 Å². The number of halogens is 1. The van der Waals surface area contributed by atoms with Crippen LogP contribution in [0.2, 0.25) is 5.02 Å². The first kappa shape index (κ1) is 19.1. The number of carbonyl (C=O) groups is 3. The van der Waals surface area contributed by atoms with Crippen LogP contribution in [-0.4, -0.2) is 34.2 Å². The van der Waals surface area contributed by atoms with Crippen molar-refractivity contribution in [2.45, 2.75) is 33.7 Å². The fraction of sp³-hybridized carbons (Fsp3) is 0.368. The molecule has 142 valence electrons. The highest BCUT2D eigenvalue weighted by Crippen LogP contribution is 2.28. The van der Waals surface area contributed by atoms with Crippen molar-refractivity contribution in [2.24, 2.45) is 5.92 Å². The van der Waals surface area contributed by atoms with Crippen LogP contribution in [0.25, 0.3) is 11.0 Å². The van der Waals surface area contributed by atoms with E-state index in [-0.39, 0.29) is 19.0 Å². The lowest BCUT2D eigenvalue weighted by Crippen LogP contribution is -2.35. The Morgan fingerprint density at radius 3 is 2.30 bits per heavy atom. The van der Waals surface area contributed by atoms with Crippen LogP contribution < -0.4 is 5.63 Å². The van der Waals surface area contributed by atoms with Crippen molar-refractivity contribution in [1.29, 1.82) is 0 Å². The summed E-state index contributed by atoms with van der Waals surface area (Å²) in [4.78, 5) is 50.7. The average molecular weight is 391 g/mol. The maximum atomic E-state index is 12.5. The molecule has 0 unspecified atom stereocenters. The third-order valence-corrected chi connectivity index (χ3v) is 4.74. The number of carbonyl (C=O) groups excluding carboxylic acids is 3. The van der Waals surface area contributed by atoms with Gasteiger partial charge in [0.2, 0.25) is 0 Å². The molecule has 0 bridgehead atoms. The van der Waals surface area contributed by atoms with E-state index in [2.05, 4.69) is 0 Å². The Bertz CT molecular complexity index is 1010. The lowest BCUT2D eigenvalue weighted by molar-refractivity contribution is -0.143. The lowest BCUT2D eigenvalue weighted by atomic mass is 10.1. The summed E-state index contributed by atoms with van der Waals surface area (Å²) in [5.74, 6) is -1.73. The first-order chi connectivity index (χ1) is 12.7. The van der Waals surface area contributed by atoms with Crippen molar-refractivity contribution in [3.05, 3.63) is 44.8 Å². The lowest BCUT2D eigenvalue weighted by Gasteiger charge is -2.17. The molecular weight excluding hydrogens is 372 g/mol. The van der Waals surface area contributed by atoms with E-state index in [1.54, 1.807) is 12.1 Å². The summed E-state index contributed by atoms with van der Waals surface area (Å²) >= 11 is 6.26. The first-order valence-corrected chi connectivity index (χ1v) is 9.03. The Morgan fingerprint density at radius 1 is 1.00 bits per heavy atom. The number of nitrogens with zero attached hydrogens (tertiary/aromatic N) is 2. The van der Waals surface area contributed by atoms with Gasteiger partial charge < -0.3 is 4.42 Å². The predicted octanol–water partition coefficient (Wildman–Crippen LogP) is 2.96. The maximum absolute atomic E-state index is 12.5. The third kappa shape index (κ3) is 3.47. The van der Waals surface area contributed by atoms with Gasteiger partial charge in [-0.05, 0) is 35.6 Å². The maximum Gasteiger partial charge on any atom is 0.336 e. The molecule has 4 amide bonds. The first-order valence-electron chi connectivity index (χ1n) is 8.65. The van der Waals surface area contributed by atoms with Gasteiger partial charge in [-0.25, -0.2) is 9.59 Å². The third-order valence-electron chi connectivity index (χ3n) is 4.39. The molecule has 1 aliphatic heterocycles. The van der Waals surface area contributed by atoms with Crippen LogP contribution in [0, 0.1) is 5.92 Å². The highest BCUT2D eigenvalue weighted by Gasteiger charge is 2.44. The van der Waals surface area contributed by atoms with E-state index in [9.17, 15) is 19.2 Å². The average Bonchev–Trinajstić information content (AvgIpc) is 2.79. The second-order valence-corrected chi connectivity index (χ2v) is 7.27. The molecule has 8 heteroatoms. The van der Waals surface area contributed by atoms with Crippen molar-refractivity contribution < 1.29 is 18.8 Å². The molecule has 1 aromatic heterocycles. The molecule has 2 aromatic rings. The van der Waals surface area contributed by atoms with E-state index >= 15 is 0 Å². The van der Waals surface area contributed by atoms with Crippen LogP contribution in [0.1, 0.15) is 31.9 Å². The molecule has 0 spiro atoms. The second kappa shape index (κ2) is 7.15. The number of amides is 4. The van der Waals surface area contributed by atoms with Gasteiger partial charge in [-0.15, -0.1) is 0 Å². The number of urea groups is 1. The summed E-state index contributed by atoms with van der Waals surface area (Å²) in [5, 5.41) is 1.02. The predicted molar refractivity (Wildman–Crippen MR) is 99.4 cm³/mol. The number of benzene rings is 1. The zero-order valence-electron chi connectivity index (χ0n) is 15.2. The van der Waals surface area contributed by atoms with Gasteiger partial charge in [-0.2, -0.15) is 0 Å². The van der Waals surface area contributed by atoms with Gasteiger partial charge in [-0.3, -0.25) is 19.4 Å². The SMILES string of the molecule is CCc1cc2oc(=O)cc(CN3C(=O)C(=O)N(CC(C)C)C3=O)c2cc1Cl. The minimum Gasteiger partial charge on any atom is -0.423 e. The monoisotopic (exact) mass is 390 g/mol. The zero-order chi connectivity index (χ0) is 19.9. The van der Waals surface area contributed by atoms with Crippen LogP contribution >= 0.6 is 11.6 Å². The molecule has 3 rings (SSSR count). The smallest absolute Gasteiger partial charge is 0.336 e. The summed E-state index contributed by atoms with van der Waals surface area (Å²) in [6, 6.07) is 3.84. The number of hydrogen-bond acceptors (Lipinski definition) is 5. The van der Waals surface area contributed by atoms with E-state index in [4.69, 9.17) is 16.0 Å². The number of imide groups is 2. The molecule has 0 N–H and O–H groups in total. The van der Waals surface area contributed by atoms with E-state index in [0.29, 0.717) is 28.0 Å². The number of aryl methyl sites for hydroxylation is 1. The molecule has 1 aliphatic rings. The van der Waals surface area contributed by atoms with E-state index in [1.165, 1.54) is 6.07 Å². The van der Waals surface area contributed by atoms with E-state index in [1.807, 2.05) is 20.8 Å². The summed E-state index contributed by atoms with van der Waals surface area (Å²) < 4.78 is 5.23. The van der Waals surface area contributed by atoms with E-state index in [0.717, 1.165) is 15.4 Å². The van der Waals surface area contributed by atoms with E-state index < -0.39 is 23.5 Å². The zero-order valence-corrected chi connectivity index (χ0v) is 16.0. The van der Waals surface area contributed by atoms with Crippen LogP contribution in [0.15, 0.2) is 27.4 Å². The van der Waals surface area contributed by atoms with Gasteiger partial charge in [0, 0.05) is 23.0 Å². The minimum absolute atomic E-state index is 0.0292. The van der Waals surface area contributed by atoms with Crippen LogP contribution in [-0.2, 0) is 22.6 Å². The Hall–Kier alpha value is -2.67. The molecule has 0 saturated carbocycles. The number of fused-ring (bicyclic) bond motifs is 1. The standard InChI is InChI=1S/C19H19ClN2O5/c1-4-11-5-15-13(7-14(11)20)12(6-16(23)27-15)9-22-18(25)17(24)21(19(22)26)8-10(2)3/h5-7,10H,4,8-9H2,1-3H3. The largest absolute Gasteiger partial charge is 0.423 e. The van der Waals surface area contributed by atoms with Crippen molar-refractivity contribution in [3.8, 4) is 0 Å². The highest BCUT2D eigenvalue weighted by atomic mass is 35.5. The fourth-order valence-electron chi connectivity index (χ4n) is 3.08. The molecule has 2 heterocycles. The fourth-order valence-corrected chi connectivity index (χ4v) is 3.37. The summed E-state index contributed by atoms with van der Waals surface area (Å²) in [5.41, 5.74) is 0.928. The Balaban J connectivity index is 2.03. The molecule has 0 atom stereocenters. The van der Waals surface area contributed by atoms with Crippen molar-refractivity contribution in [2.75, 3.05) is 6.54 Å². The topological polar surface area (TPSA) is 87.9 Å². The van der Waals surface area contributed by atoms with Gasteiger partial charge in [-0.1, -0.05) is 32.4 Å². The van der Waals surface area contributed by atoms with Crippen LogP contribution in [0.5, 0.6) is 0 Å². The summed E-state index contributed by atoms with van der Waals surface area (Å²) in [6.45, 7) is 5.56. The van der Waals surface area contributed by atoms with Gasteiger partial charge in [0.15, 0.2) is 0 Å². The minimum atomic E-state index is -0.904. The van der Waals surface area contributed by atoms with Gasteiger partial charge in [0.1, 0.15) is 5.58 Å². The molecule has 1 aromatic carbocycles. The molecule has 1 fully saturated rings.